The number of halogens is 1. The molecule has 8 heteroatoms. The van der Waals surface area contributed by atoms with E-state index in [1.807, 2.05) is 25.1 Å². The lowest BCUT2D eigenvalue weighted by Gasteiger charge is -2.32. The number of allylic oxidation sites excluding steroid dienone is 1. The standard InChI is InChI=1S/C26H28FN3O4/c1-16-19(15-24-26(32)25-21(27)12-17(31)13-23(25)34-24)20-14-18(33-3)4-5-22(20)30(16)11-10-29-8-6-28(2)7-9-29/h4-5,12-15,31H,6-11H2,1-3H3. The SMILES string of the molecule is COc1ccc2c(c1)c(C=C1Oc3cc(O)cc(F)c3C1=O)c(C)n2CCN1CCN(C)CC1. The third kappa shape index (κ3) is 3.93. The molecule has 0 bridgehead atoms. The molecule has 0 atom stereocenters. The topological polar surface area (TPSA) is 67.2 Å². The normalized spacial score (nSPS) is 18.0. The first-order valence-corrected chi connectivity index (χ1v) is 11.4. The average Bonchev–Trinajstić information content (AvgIpc) is 3.26. The van der Waals surface area contributed by atoms with E-state index in [4.69, 9.17) is 9.47 Å². The van der Waals surface area contributed by atoms with Crippen LogP contribution in [-0.4, -0.2) is 72.1 Å². The smallest absolute Gasteiger partial charge is 0.234 e. The van der Waals surface area contributed by atoms with Gasteiger partial charge in [-0.2, -0.15) is 0 Å². The highest BCUT2D eigenvalue weighted by molar-refractivity contribution is 6.15. The van der Waals surface area contributed by atoms with Gasteiger partial charge in [0.15, 0.2) is 5.76 Å². The van der Waals surface area contributed by atoms with Crippen LogP contribution >= 0.6 is 0 Å². The number of phenols is 1. The van der Waals surface area contributed by atoms with Crippen LogP contribution in [0, 0.1) is 12.7 Å². The number of ketones is 1. The molecule has 2 aliphatic rings. The minimum absolute atomic E-state index is 0.0304. The summed E-state index contributed by atoms with van der Waals surface area (Å²) in [6.45, 7) is 7.95. The second-order valence-corrected chi connectivity index (χ2v) is 8.92. The fourth-order valence-electron chi connectivity index (χ4n) is 4.78. The van der Waals surface area contributed by atoms with Crippen LogP contribution in [0.3, 0.4) is 0 Å². The molecule has 1 saturated heterocycles. The number of ether oxygens (including phenoxy) is 2. The quantitative estimate of drug-likeness (QED) is 0.580. The molecule has 0 aliphatic carbocycles. The zero-order chi connectivity index (χ0) is 24.0. The number of aromatic nitrogens is 1. The Labute approximate surface area is 197 Å². The predicted molar refractivity (Wildman–Crippen MR) is 128 cm³/mol. The van der Waals surface area contributed by atoms with E-state index >= 15 is 0 Å². The molecule has 1 N–H and O–H groups in total. The molecule has 0 unspecified atom stereocenters. The Bertz CT molecular complexity index is 1310. The fraction of sp³-hybridized carbons (Fsp3) is 0.346. The highest BCUT2D eigenvalue weighted by atomic mass is 19.1. The van der Waals surface area contributed by atoms with Gasteiger partial charge < -0.3 is 24.0 Å². The first-order chi connectivity index (χ1) is 16.4. The maximum Gasteiger partial charge on any atom is 0.234 e. The summed E-state index contributed by atoms with van der Waals surface area (Å²) < 4.78 is 27.7. The predicted octanol–water partition coefficient (Wildman–Crippen LogP) is 3.67. The Morgan fingerprint density at radius 3 is 2.65 bits per heavy atom. The number of Topliss-reactive ketones (excluding diaryl/α,β-unsaturated/α-hetero) is 1. The van der Waals surface area contributed by atoms with E-state index in [0.29, 0.717) is 5.75 Å². The number of nitrogens with zero attached hydrogens (tertiary/aromatic N) is 3. The Morgan fingerprint density at radius 2 is 1.91 bits per heavy atom. The van der Waals surface area contributed by atoms with Crippen molar-refractivity contribution >= 4 is 22.8 Å². The highest BCUT2D eigenvalue weighted by Gasteiger charge is 2.32. The largest absolute Gasteiger partial charge is 0.508 e. The van der Waals surface area contributed by atoms with Gasteiger partial charge in [-0.3, -0.25) is 9.69 Å². The molecule has 7 nitrogen and oxygen atoms in total. The number of hydrogen-bond acceptors (Lipinski definition) is 6. The summed E-state index contributed by atoms with van der Waals surface area (Å²) in [6.07, 6.45) is 1.67. The van der Waals surface area contributed by atoms with Crippen molar-refractivity contribution in [1.82, 2.24) is 14.4 Å². The number of aromatic hydroxyl groups is 1. The zero-order valence-corrected chi connectivity index (χ0v) is 19.6. The lowest BCUT2D eigenvalue weighted by molar-refractivity contribution is 0.101. The molecule has 34 heavy (non-hydrogen) atoms. The van der Waals surface area contributed by atoms with Crippen LogP contribution in [0.2, 0.25) is 0 Å². The Balaban J connectivity index is 1.52. The van der Waals surface area contributed by atoms with Gasteiger partial charge in [-0.15, -0.1) is 0 Å². The monoisotopic (exact) mass is 465 g/mol. The number of fused-ring (bicyclic) bond motifs is 2. The van der Waals surface area contributed by atoms with Crippen LogP contribution < -0.4 is 9.47 Å². The molecule has 0 amide bonds. The summed E-state index contributed by atoms with van der Waals surface area (Å²) in [7, 11) is 3.76. The summed E-state index contributed by atoms with van der Waals surface area (Å²) >= 11 is 0. The molecular weight excluding hydrogens is 437 g/mol. The van der Waals surface area contributed by atoms with Crippen LogP contribution in [0.1, 0.15) is 21.6 Å². The fourth-order valence-corrected chi connectivity index (χ4v) is 4.78. The minimum Gasteiger partial charge on any atom is -0.508 e. The number of carbonyl (C=O) groups excluding carboxylic acids is 1. The van der Waals surface area contributed by atoms with Crippen molar-refractivity contribution in [3.8, 4) is 17.2 Å². The number of hydrogen-bond donors (Lipinski definition) is 1. The Kier molecular flexibility index (Phi) is 5.79. The highest BCUT2D eigenvalue weighted by Crippen LogP contribution is 2.38. The van der Waals surface area contributed by atoms with Crippen molar-refractivity contribution in [1.29, 1.82) is 0 Å². The van der Waals surface area contributed by atoms with E-state index in [1.165, 1.54) is 6.07 Å². The molecule has 1 fully saturated rings. The van der Waals surface area contributed by atoms with Crippen LogP contribution in [0.25, 0.3) is 17.0 Å². The van der Waals surface area contributed by atoms with Crippen LogP contribution in [0.15, 0.2) is 36.1 Å². The molecule has 0 spiro atoms. The first-order valence-electron chi connectivity index (χ1n) is 11.4. The van der Waals surface area contributed by atoms with Crippen molar-refractivity contribution in [2.24, 2.45) is 0 Å². The summed E-state index contributed by atoms with van der Waals surface area (Å²) in [5.41, 5.74) is 2.69. The van der Waals surface area contributed by atoms with E-state index in [2.05, 4.69) is 21.4 Å². The molecule has 3 aromatic rings. The van der Waals surface area contributed by atoms with E-state index in [9.17, 15) is 14.3 Å². The summed E-state index contributed by atoms with van der Waals surface area (Å²) in [6, 6.07) is 8.07. The van der Waals surface area contributed by atoms with Crippen LogP contribution in [0.4, 0.5) is 4.39 Å². The second kappa shape index (κ2) is 8.77. The third-order valence-corrected chi connectivity index (χ3v) is 6.80. The van der Waals surface area contributed by atoms with Gasteiger partial charge in [0.25, 0.3) is 0 Å². The molecule has 0 radical (unpaired) electrons. The van der Waals surface area contributed by atoms with E-state index in [-0.39, 0.29) is 22.8 Å². The van der Waals surface area contributed by atoms with Gasteiger partial charge >= 0.3 is 0 Å². The van der Waals surface area contributed by atoms with Gasteiger partial charge in [0.05, 0.1) is 7.11 Å². The van der Waals surface area contributed by atoms with Gasteiger partial charge in [0.2, 0.25) is 5.78 Å². The van der Waals surface area contributed by atoms with Crippen LogP contribution in [-0.2, 0) is 6.54 Å². The van der Waals surface area contributed by atoms with Gasteiger partial charge in [0, 0.05) is 73.6 Å². The second-order valence-electron chi connectivity index (χ2n) is 8.92. The van der Waals surface area contributed by atoms with Crippen molar-refractivity contribution < 1.29 is 23.8 Å². The lowest BCUT2D eigenvalue weighted by atomic mass is 10.1. The lowest BCUT2D eigenvalue weighted by Crippen LogP contribution is -2.45. The van der Waals surface area contributed by atoms with Gasteiger partial charge in [-0.05, 0) is 38.2 Å². The number of phenolic OH excluding ortho intramolecular Hbond substituents is 1. The number of likely N-dealkylation sites (N-methyl/N-ethyl adjacent to an activating group) is 1. The molecule has 1 aromatic heterocycles. The van der Waals surface area contributed by atoms with Gasteiger partial charge in [0.1, 0.15) is 28.6 Å². The maximum absolute atomic E-state index is 14.3. The molecule has 5 rings (SSSR count). The van der Waals surface area contributed by atoms with Crippen molar-refractivity contribution in [3.05, 3.63) is 58.7 Å². The third-order valence-electron chi connectivity index (χ3n) is 6.80. The molecule has 3 heterocycles. The van der Waals surface area contributed by atoms with Gasteiger partial charge in [-0.25, -0.2) is 4.39 Å². The minimum atomic E-state index is -0.795. The van der Waals surface area contributed by atoms with E-state index in [1.54, 1.807) is 13.2 Å². The molecule has 2 aromatic carbocycles. The average molecular weight is 466 g/mol. The number of rotatable bonds is 5. The number of carbonyl (C=O) groups is 1. The number of methoxy groups -OCH3 is 1. The van der Waals surface area contributed by atoms with E-state index < -0.39 is 11.6 Å². The van der Waals surface area contributed by atoms with Crippen molar-refractivity contribution in [3.63, 3.8) is 0 Å². The molecule has 2 aliphatic heterocycles. The van der Waals surface area contributed by atoms with E-state index in [0.717, 1.165) is 67.5 Å². The van der Waals surface area contributed by atoms with Crippen molar-refractivity contribution in [2.75, 3.05) is 46.9 Å². The molecular formula is C26H28FN3O4. The summed E-state index contributed by atoms with van der Waals surface area (Å²) in [4.78, 5) is 17.7. The Hall–Kier alpha value is -3.36. The zero-order valence-electron chi connectivity index (χ0n) is 19.6. The molecule has 0 saturated carbocycles. The van der Waals surface area contributed by atoms with Crippen molar-refractivity contribution in [2.45, 2.75) is 13.5 Å². The van der Waals surface area contributed by atoms with Gasteiger partial charge in [-0.1, -0.05) is 0 Å². The summed E-state index contributed by atoms with van der Waals surface area (Å²) in [5.74, 6) is -0.844. The number of piperazine rings is 1. The summed E-state index contributed by atoms with van der Waals surface area (Å²) in [5, 5.41) is 10.6. The first kappa shape index (κ1) is 22.4. The molecule has 178 valence electrons. The number of benzene rings is 2. The Morgan fingerprint density at radius 1 is 1.15 bits per heavy atom. The van der Waals surface area contributed by atoms with Crippen LogP contribution in [0.5, 0.6) is 17.2 Å². The maximum atomic E-state index is 14.3.